The number of nitrogens with zero attached hydrogens (tertiary/aromatic N) is 2. The summed E-state index contributed by atoms with van der Waals surface area (Å²) < 4.78 is 2.19. The first-order valence-electron chi connectivity index (χ1n) is 7.42. The minimum absolute atomic E-state index is 0.707. The summed E-state index contributed by atoms with van der Waals surface area (Å²) in [5.74, 6) is 1.59. The average Bonchev–Trinajstić information content (AvgIpc) is 2.94. The van der Waals surface area contributed by atoms with Crippen molar-refractivity contribution in [3.8, 4) is 0 Å². The van der Waals surface area contributed by atoms with Crippen LogP contribution in [0.15, 0.2) is 6.07 Å². The van der Waals surface area contributed by atoms with Gasteiger partial charge in [-0.1, -0.05) is 13.8 Å². The quantitative estimate of drug-likeness (QED) is 0.869. The van der Waals surface area contributed by atoms with Crippen molar-refractivity contribution in [2.24, 2.45) is 11.8 Å². The Kier molecular flexibility index (Phi) is 4.44. The van der Waals surface area contributed by atoms with Gasteiger partial charge in [-0.2, -0.15) is 5.10 Å². The van der Waals surface area contributed by atoms with E-state index in [9.17, 15) is 0 Å². The first-order valence-corrected chi connectivity index (χ1v) is 7.42. The summed E-state index contributed by atoms with van der Waals surface area (Å²) >= 11 is 0. The summed E-state index contributed by atoms with van der Waals surface area (Å²) in [5.41, 5.74) is 2.67. The van der Waals surface area contributed by atoms with Crippen LogP contribution in [0.25, 0.3) is 0 Å². The molecule has 1 N–H and O–H groups in total. The van der Waals surface area contributed by atoms with Gasteiger partial charge in [0.1, 0.15) is 0 Å². The third-order valence-corrected chi connectivity index (χ3v) is 4.64. The molecule has 102 valence electrons. The minimum atomic E-state index is 0.707. The molecule has 18 heavy (non-hydrogen) atoms. The summed E-state index contributed by atoms with van der Waals surface area (Å²) in [7, 11) is 2.09. The van der Waals surface area contributed by atoms with Crippen molar-refractivity contribution in [2.75, 3.05) is 7.05 Å². The van der Waals surface area contributed by atoms with Crippen LogP contribution in [0.3, 0.4) is 0 Å². The molecule has 1 saturated carbocycles. The Morgan fingerprint density at radius 3 is 2.72 bits per heavy atom. The zero-order valence-electron chi connectivity index (χ0n) is 12.2. The van der Waals surface area contributed by atoms with Gasteiger partial charge in [0, 0.05) is 18.3 Å². The van der Waals surface area contributed by atoms with Crippen molar-refractivity contribution in [1.29, 1.82) is 0 Å². The largest absolute Gasteiger partial charge is 0.317 e. The normalized spacial score (nSPS) is 27.9. The first kappa shape index (κ1) is 13.6. The summed E-state index contributed by atoms with van der Waals surface area (Å²) in [6, 6.07) is 3.02. The zero-order chi connectivity index (χ0) is 13.1. The SMILES string of the molecule is CCc1cc(CC2CCC(NC)C2C)n(CC)n1. The molecule has 1 aliphatic carbocycles. The van der Waals surface area contributed by atoms with E-state index < -0.39 is 0 Å². The summed E-state index contributed by atoms with van der Waals surface area (Å²) in [6.07, 6.45) is 4.91. The molecule has 0 bridgehead atoms. The number of aromatic nitrogens is 2. The minimum Gasteiger partial charge on any atom is -0.317 e. The van der Waals surface area contributed by atoms with Gasteiger partial charge in [0.25, 0.3) is 0 Å². The van der Waals surface area contributed by atoms with Gasteiger partial charge in [-0.15, -0.1) is 0 Å². The topological polar surface area (TPSA) is 29.9 Å². The number of nitrogens with one attached hydrogen (secondary N) is 1. The predicted molar refractivity (Wildman–Crippen MR) is 75.7 cm³/mol. The molecule has 0 radical (unpaired) electrons. The highest BCUT2D eigenvalue weighted by Gasteiger charge is 2.32. The number of hydrogen-bond donors (Lipinski definition) is 1. The summed E-state index contributed by atoms with van der Waals surface area (Å²) in [5, 5.41) is 8.11. The second-order valence-corrected chi connectivity index (χ2v) is 5.59. The molecule has 3 heteroatoms. The Bertz CT molecular complexity index is 383. The molecule has 1 aromatic heterocycles. The van der Waals surface area contributed by atoms with E-state index >= 15 is 0 Å². The van der Waals surface area contributed by atoms with E-state index in [0.29, 0.717) is 6.04 Å². The standard InChI is InChI=1S/C15H27N3/c1-5-13-10-14(18(6-2)17-13)9-12-7-8-15(16-4)11(12)3/h10-12,15-16H,5-9H2,1-4H3. The van der Waals surface area contributed by atoms with Gasteiger partial charge in [0.2, 0.25) is 0 Å². The van der Waals surface area contributed by atoms with Crippen LogP contribution in [-0.2, 0) is 19.4 Å². The molecule has 3 nitrogen and oxygen atoms in total. The van der Waals surface area contributed by atoms with Crippen molar-refractivity contribution in [3.63, 3.8) is 0 Å². The maximum Gasteiger partial charge on any atom is 0.0624 e. The maximum atomic E-state index is 4.65. The molecule has 1 aliphatic rings. The Morgan fingerprint density at radius 2 is 2.17 bits per heavy atom. The fraction of sp³-hybridized carbons (Fsp3) is 0.800. The highest BCUT2D eigenvalue weighted by Crippen LogP contribution is 2.34. The van der Waals surface area contributed by atoms with Crippen LogP contribution < -0.4 is 5.32 Å². The van der Waals surface area contributed by atoms with Gasteiger partial charge in [-0.25, -0.2) is 0 Å². The molecule has 3 atom stereocenters. The summed E-state index contributed by atoms with van der Waals surface area (Å²) in [6.45, 7) is 7.75. The van der Waals surface area contributed by atoms with E-state index in [0.717, 1.165) is 24.8 Å². The van der Waals surface area contributed by atoms with Crippen LogP contribution >= 0.6 is 0 Å². The van der Waals surface area contributed by atoms with Gasteiger partial charge in [-0.3, -0.25) is 4.68 Å². The molecule has 3 unspecified atom stereocenters. The van der Waals surface area contributed by atoms with Crippen molar-refractivity contribution < 1.29 is 0 Å². The number of hydrogen-bond acceptors (Lipinski definition) is 2. The lowest BCUT2D eigenvalue weighted by molar-refractivity contribution is 0.357. The molecule has 0 spiro atoms. The van der Waals surface area contributed by atoms with Crippen LogP contribution in [0.2, 0.25) is 0 Å². The van der Waals surface area contributed by atoms with Crippen LogP contribution in [0.4, 0.5) is 0 Å². The number of rotatable bonds is 5. The lowest BCUT2D eigenvalue weighted by Gasteiger charge is -2.20. The van der Waals surface area contributed by atoms with Gasteiger partial charge in [0.05, 0.1) is 5.69 Å². The lowest BCUT2D eigenvalue weighted by atomic mass is 9.91. The van der Waals surface area contributed by atoms with Crippen molar-refractivity contribution >= 4 is 0 Å². The highest BCUT2D eigenvalue weighted by atomic mass is 15.3. The maximum absolute atomic E-state index is 4.65. The second-order valence-electron chi connectivity index (χ2n) is 5.59. The van der Waals surface area contributed by atoms with Crippen LogP contribution in [-0.4, -0.2) is 22.9 Å². The molecule has 1 heterocycles. The molecule has 0 saturated heterocycles. The monoisotopic (exact) mass is 249 g/mol. The first-order chi connectivity index (χ1) is 8.69. The second kappa shape index (κ2) is 5.87. The predicted octanol–water partition coefficient (Wildman–Crippen LogP) is 2.64. The van der Waals surface area contributed by atoms with E-state index in [-0.39, 0.29) is 0 Å². The highest BCUT2D eigenvalue weighted by molar-refractivity contribution is 5.12. The molecule has 0 aromatic carbocycles. The number of aryl methyl sites for hydroxylation is 2. The Hall–Kier alpha value is -0.830. The molecule has 0 aliphatic heterocycles. The molecule has 1 fully saturated rings. The van der Waals surface area contributed by atoms with Crippen LogP contribution in [0.5, 0.6) is 0 Å². The van der Waals surface area contributed by atoms with Crippen molar-refractivity contribution in [1.82, 2.24) is 15.1 Å². The van der Waals surface area contributed by atoms with Crippen LogP contribution in [0, 0.1) is 11.8 Å². The third-order valence-electron chi connectivity index (χ3n) is 4.64. The van der Waals surface area contributed by atoms with Crippen molar-refractivity contribution in [2.45, 2.75) is 59.0 Å². The molecule has 0 amide bonds. The summed E-state index contributed by atoms with van der Waals surface area (Å²) in [4.78, 5) is 0. The average molecular weight is 249 g/mol. The zero-order valence-corrected chi connectivity index (χ0v) is 12.2. The Balaban J connectivity index is 2.07. The Morgan fingerprint density at radius 1 is 1.39 bits per heavy atom. The van der Waals surface area contributed by atoms with Gasteiger partial charge in [0.15, 0.2) is 0 Å². The van der Waals surface area contributed by atoms with Gasteiger partial charge >= 0.3 is 0 Å². The van der Waals surface area contributed by atoms with Crippen LogP contribution in [0.1, 0.15) is 45.0 Å². The molecular formula is C15H27N3. The fourth-order valence-electron chi connectivity index (χ4n) is 3.34. The Labute approximate surface area is 111 Å². The third kappa shape index (κ3) is 2.61. The van der Waals surface area contributed by atoms with E-state index in [1.807, 2.05) is 0 Å². The molecule has 1 aromatic rings. The smallest absolute Gasteiger partial charge is 0.0624 e. The van der Waals surface area contributed by atoms with Crippen molar-refractivity contribution in [3.05, 3.63) is 17.5 Å². The van der Waals surface area contributed by atoms with E-state index in [2.05, 4.69) is 49.0 Å². The van der Waals surface area contributed by atoms with E-state index in [4.69, 9.17) is 0 Å². The molecule has 2 rings (SSSR count). The van der Waals surface area contributed by atoms with Gasteiger partial charge in [-0.05, 0) is 57.6 Å². The molecular weight excluding hydrogens is 222 g/mol. The fourth-order valence-corrected chi connectivity index (χ4v) is 3.34. The van der Waals surface area contributed by atoms with E-state index in [1.54, 1.807) is 0 Å². The van der Waals surface area contributed by atoms with Gasteiger partial charge < -0.3 is 5.32 Å². The van der Waals surface area contributed by atoms with E-state index in [1.165, 1.54) is 30.7 Å². The lowest BCUT2D eigenvalue weighted by Crippen LogP contribution is -2.30.